The number of hydrogen-bond acceptors (Lipinski definition) is 3. The zero-order valence-corrected chi connectivity index (χ0v) is 37.3. The van der Waals surface area contributed by atoms with E-state index < -0.39 is 6.85 Å². The lowest BCUT2D eigenvalue weighted by Crippen LogP contribution is -2.60. The Kier molecular flexibility index (Phi) is 7.54. The lowest BCUT2D eigenvalue weighted by Gasteiger charge is -2.44. The standard InChI is InChI=1S/C53H61BN2S/c1-32-27-43-46-44(28-32)56(37-22-17-34(18-23-37)50(5,6)7)47-38-30-39-40(53(13,14)26-25-52(39,11)12)31-45(38)57-48(47)54(46)41-29-35(51(8,9)10)19-24-42(41)55(43)36-20-15-33(16-21-36)49(2,3)4/h15-24,27-31H,25-26H2,1-14H3/i1D3. The van der Waals surface area contributed by atoms with E-state index >= 15 is 0 Å². The van der Waals surface area contributed by atoms with Gasteiger partial charge in [0.05, 0.1) is 5.69 Å². The largest absolute Gasteiger partial charge is 0.311 e. The predicted molar refractivity (Wildman–Crippen MR) is 252 cm³/mol. The maximum Gasteiger partial charge on any atom is 0.264 e. The Morgan fingerprint density at radius 1 is 0.579 bits per heavy atom. The van der Waals surface area contributed by atoms with Crippen molar-refractivity contribution in [1.82, 2.24) is 0 Å². The zero-order valence-electron chi connectivity index (χ0n) is 39.5. The summed E-state index contributed by atoms with van der Waals surface area (Å²) < 4.78 is 29.4. The molecule has 0 spiro atoms. The topological polar surface area (TPSA) is 6.48 Å². The van der Waals surface area contributed by atoms with Crippen molar-refractivity contribution >= 4 is 78.0 Å². The molecule has 0 fully saturated rings. The number of thiophene rings is 1. The lowest BCUT2D eigenvalue weighted by molar-refractivity contribution is 0.332. The second-order valence-electron chi connectivity index (χ2n) is 21.6. The summed E-state index contributed by atoms with van der Waals surface area (Å²) in [4.78, 5) is 4.78. The van der Waals surface area contributed by atoms with Gasteiger partial charge in [-0.25, -0.2) is 0 Å². The Morgan fingerprint density at radius 3 is 1.60 bits per heavy atom. The highest BCUT2D eigenvalue weighted by Gasteiger charge is 2.47. The van der Waals surface area contributed by atoms with Crippen molar-refractivity contribution in [3.05, 3.63) is 124 Å². The van der Waals surface area contributed by atoms with Crippen LogP contribution in [0.2, 0.25) is 0 Å². The van der Waals surface area contributed by atoms with Crippen LogP contribution in [0.1, 0.15) is 140 Å². The van der Waals surface area contributed by atoms with Gasteiger partial charge in [0.25, 0.3) is 6.71 Å². The fourth-order valence-electron chi connectivity index (χ4n) is 9.78. The van der Waals surface area contributed by atoms with Crippen LogP contribution in [0.15, 0.2) is 91.0 Å². The Balaban J connectivity index is 1.43. The van der Waals surface area contributed by atoms with E-state index in [-0.39, 0.29) is 33.8 Å². The first-order valence-corrected chi connectivity index (χ1v) is 21.8. The molecule has 3 aliphatic rings. The highest BCUT2D eigenvalue weighted by Crippen LogP contribution is 2.52. The number of benzene rings is 5. The van der Waals surface area contributed by atoms with Gasteiger partial charge in [-0.1, -0.05) is 126 Å². The SMILES string of the molecule is [2H]C([2H])([2H])c1cc2c3c(c1)N(c1ccc(C(C)(C)C)cc1)c1c(sc4cc5c(cc14)C(C)(C)CCC5(C)C)B3c1cc(C(C)(C)C)ccc1N2c1ccc(C(C)(C)C)cc1. The van der Waals surface area contributed by atoms with Crippen LogP contribution in [0.25, 0.3) is 10.1 Å². The van der Waals surface area contributed by atoms with E-state index in [1.165, 1.54) is 53.8 Å². The van der Waals surface area contributed by atoms with Crippen molar-refractivity contribution < 1.29 is 4.11 Å². The quantitative estimate of drug-likeness (QED) is 0.162. The molecule has 292 valence electrons. The fraction of sp³-hybridized carbons (Fsp3) is 0.396. The van der Waals surface area contributed by atoms with E-state index in [1.807, 2.05) is 23.5 Å². The van der Waals surface area contributed by atoms with Crippen LogP contribution in [0, 0.1) is 6.85 Å². The van der Waals surface area contributed by atoms with E-state index in [0.29, 0.717) is 5.56 Å². The number of rotatable bonds is 2. The normalized spacial score (nSPS) is 18.0. The third kappa shape index (κ3) is 6.02. The van der Waals surface area contributed by atoms with E-state index in [4.69, 9.17) is 4.11 Å². The summed E-state index contributed by atoms with van der Waals surface area (Å²) >= 11 is 1.94. The summed E-state index contributed by atoms with van der Waals surface area (Å²) in [5.74, 6) is 0. The van der Waals surface area contributed by atoms with Crippen LogP contribution < -0.4 is 25.5 Å². The van der Waals surface area contributed by atoms with Crippen LogP contribution in [0.3, 0.4) is 0 Å². The molecule has 5 aromatic carbocycles. The molecule has 0 saturated carbocycles. The minimum Gasteiger partial charge on any atom is -0.311 e. The third-order valence-electron chi connectivity index (χ3n) is 13.5. The first kappa shape index (κ1) is 34.7. The molecule has 0 bridgehead atoms. The van der Waals surface area contributed by atoms with E-state index in [9.17, 15) is 0 Å². The van der Waals surface area contributed by atoms with Gasteiger partial charge in [0.2, 0.25) is 0 Å². The maximum absolute atomic E-state index is 8.94. The Labute approximate surface area is 351 Å². The van der Waals surface area contributed by atoms with Crippen molar-refractivity contribution in [2.45, 2.75) is 137 Å². The molecule has 0 saturated heterocycles. The summed E-state index contributed by atoms with van der Waals surface area (Å²) in [5, 5.41) is 1.25. The van der Waals surface area contributed by atoms with Gasteiger partial charge < -0.3 is 9.80 Å². The molecule has 2 aliphatic heterocycles. The number of hydrogen-bond donors (Lipinski definition) is 0. The molecule has 0 N–H and O–H groups in total. The average Bonchev–Trinajstić information content (AvgIpc) is 3.53. The smallest absolute Gasteiger partial charge is 0.264 e. The molecule has 3 heterocycles. The van der Waals surface area contributed by atoms with Crippen LogP contribution in [-0.4, -0.2) is 6.71 Å². The Hall–Kier alpha value is -4.28. The fourth-order valence-corrected chi connectivity index (χ4v) is 11.1. The second-order valence-corrected chi connectivity index (χ2v) is 22.7. The number of anilines is 6. The summed E-state index contributed by atoms with van der Waals surface area (Å²) in [6, 6.07) is 34.0. The second kappa shape index (κ2) is 12.4. The van der Waals surface area contributed by atoms with E-state index in [2.05, 4.69) is 179 Å². The van der Waals surface area contributed by atoms with Gasteiger partial charge in [-0.2, -0.15) is 0 Å². The lowest BCUT2D eigenvalue weighted by atomic mass is 9.36. The molecule has 2 nitrogen and oxygen atoms in total. The van der Waals surface area contributed by atoms with Crippen molar-refractivity contribution in [2.75, 3.05) is 9.80 Å². The van der Waals surface area contributed by atoms with E-state index in [0.717, 1.165) is 46.7 Å². The van der Waals surface area contributed by atoms with Crippen LogP contribution in [0.5, 0.6) is 0 Å². The molecule has 9 rings (SSSR count). The molecule has 0 radical (unpaired) electrons. The first-order valence-electron chi connectivity index (χ1n) is 22.5. The van der Waals surface area contributed by atoms with Gasteiger partial charge in [0.1, 0.15) is 0 Å². The number of nitrogens with zero attached hydrogens (tertiary/aromatic N) is 2. The third-order valence-corrected chi connectivity index (χ3v) is 14.7. The molecule has 0 unspecified atom stereocenters. The average molecular weight is 772 g/mol. The molecule has 1 aliphatic carbocycles. The van der Waals surface area contributed by atoms with Crippen LogP contribution >= 0.6 is 11.3 Å². The monoisotopic (exact) mass is 771 g/mol. The van der Waals surface area contributed by atoms with Gasteiger partial charge in [0.15, 0.2) is 0 Å². The van der Waals surface area contributed by atoms with Crippen molar-refractivity contribution in [3.8, 4) is 0 Å². The highest BCUT2D eigenvalue weighted by molar-refractivity contribution is 7.33. The minimum absolute atomic E-state index is 0.00432. The van der Waals surface area contributed by atoms with Crippen LogP contribution in [-0.2, 0) is 27.1 Å². The van der Waals surface area contributed by atoms with Gasteiger partial charge in [-0.15, -0.1) is 11.3 Å². The number of aryl methyl sites for hydroxylation is 1. The van der Waals surface area contributed by atoms with Crippen molar-refractivity contribution in [3.63, 3.8) is 0 Å². The summed E-state index contributed by atoms with van der Waals surface area (Å²) in [6.45, 7) is 27.6. The van der Waals surface area contributed by atoms with Crippen molar-refractivity contribution in [1.29, 1.82) is 0 Å². The van der Waals surface area contributed by atoms with Gasteiger partial charge in [-0.3, -0.25) is 0 Å². The molecule has 6 aromatic rings. The zero-order chi connectivity index (χ0) is 43.3. The molecule has 1 aromatic heterocycles. The molecular formula is C53H61BN2S. The van der Waals surface area contributed by atoms with Crippen LogP contribution in [0.4, 0.5) is 34.1 Å². The van der Waals surface area contributed by atoms with Gasteiger partial charge >= 0.3 is 0 Å². The maximum atomic E-state index is 8.94. The molecule has 0 atom stereocenters. The summed E-state index contributed by atoms with van der Waals surface area (Å²) in [6.07, 6.45) is 2.29. The van der Waals surface area contributed by atoms with Crippen molar-refractivity contribution in [2.24, 2.45) is 0 Å². The van der Waals surface area contributed by atoms with Gasteiger partial charge in [-0.05, 0) is 146 Å². The minimum atomic E-state index is -2.33. The predicted octanol–water partition coefficient (Wildman–Crippen LogP) is 13.5. The molecule has 57 heavy (non-hydrogen) atoms. The molecule has 0 amide bonds. The Bertz CT molecular complexity index is 2700. The molecular weight excluding hydrogens is 707 g/mol. The van der Waals surface area contributed by atoms with Gasteiger partial charge in [0, 0.05) is 47.4 Å². The van der Waals surface area contributed by atoms with E-state index in [1.54, 1.807) is 0 Å². The Morgan fingerprint density at radius 2 is 1.07 bits per heavy atom. The summed E-state index contributed by atoms with van der Waals surface area (Å²) in [7, 11) is 0. The molecule has 4 heteroatoms. The first-order chi connectivity index (χ1) is 27.8. The highest BCUT2D eigenvalue weighted by atomic mass is 32.1. The summed E-state index contributed by atoms with van der Waals surface area (Å²) in [5.41, 5.74) is 15.7. The number of fused-ring (bicyclic) bond motifs is 7.